The van der Waals surface area contributed by atoms with E-state index in [-0.39, 0.29) is 6.03 Å². The molecule has 0 fully saturated rings. The van der Waals surface area contributed by atoms with Crippen molar-refractivity contribution in [1.82, 2.24) is 0 Å². The number of nitrogens with zero attached hydrogens (tertiary/aromatic N) is 1. The van der Waals surface area contributed by atoms with Gasteiger partial charge in [-0.1, -0.05) is 17.3 Å². The Morgan fingerprint density at radius 2 is 1.50 bits per heavy atom. The number of rotatable bonds is 4. The highest BCUT2D eigenvalue weighted by molar-refractivity contribution is 6.01. The molecule has 0 aliphatic heterocycles. The minimum absolute atomic E-state index is 0.342. The topological polar surface area (TPSA) is 83.0 Å². The van der Waals surface area contributed by atoms with Crippen molar-refractivity contribution in [2.45, 2.75) is 6.92 Å². The predicted octanol–water partition coefficient (Wildman–Crippen LogP) is 3.54. The quantitative estimate of drug-likeness (QED) is 0.459. The van der Waals surface area contributed by atoms with E-state index >= 15 is 0 Å². The highest BCUT2D eigenvalue weighted by atomic mass is 16.5. The highest BCUT2D eigenvalue weighted by Crippen LogP contribution is 2.16. The van der Waals surface area contributed by atoms with Gasteiger partial charge in [0.1, 0.15) is 5.75 Å². The Morgan fingerprint density at radius 3 is 1.95 bits per heavy atom. The molecule has 0 atom stereocenters. The summed E-state index contributed by atoms with van der Waals surface area (Å²) >= 11 is 0. The summed E-state index contributed by atoms with van der Waals surface area (Å²) in [6.45, 7) is 1.69. The number of hydrogen-bond acceptors (Lipinski definition) is 4. The second-order valence-corrected chi connectivity index (χ2v) is 4.57. The molecule has 0 aromatic heterocycles. The van der Waals surface area contributed by atoms with Crippen molar-refractivity contribution in [3.8, 4) is 5.75 Å². The van der Waals surface area contributed by atoms with Crippen molar-refractivity contribution in [3.05, 3.63) is 54.1 Å². The van der Waals surface area contributed by atoms with Gasteiger partial charge in [0.25, 0.3) is 0 Å². The molecule has 0 bridgehead atoms. The lowest BCUT2D eigenvalue weighted by Gasteiger charge is -2.09. The first-order valence-corrected chi connectivity index (χ1v) is 6.63. The standard InChI is InChI=1S/C16H17N3O3/c1-11(19-21)12-3-5-13(6-4-12)17-16(20)18-14-7-9-15(22-2)10-8-14/h3-10,21H,1-2H3,(H2,17,18,20)/b19-11+. The Labute approximate surface area is 128 Å². The van der Waals surface area contributed by atoms with Crippen molar-refractivity contribution in [2.24, 2.45) is 5.16 Å². The van der Waals surface area contributed by atoms with Gasteiger partial charge in [-0.25, -0.2) is 4.79 Å². The van der Waals surface area contributed by atoms with Crippen molar-refractivity contribution >= 4 is 23.1 Å². The number of oxime groups is 1. The Bertz CT molecular complexity index is 664. The second kappa shape index (κ2) is 7.12. The third kappa shape index (κ3) is 3.99. The number of hydrogen-bond donors (Lipinski definition) is 3. The molecule has 2 rings (SSSR count). The van der Waals surface area contributed by atoms with Gasteiger partial charge in [-0.3, -0.25) is 0 Å². The Kier molecular flexibility index (Phi) is 4.98. The molecule has 0 radical (unpaired) electrons. The summed E-state index contributed by atoms with van der Waals surface area (Å²) in [4.78, 5) is 11.9. The molecular weight excluding hydrogens is 282 g/mol. The normalized spacial score (nSPS) is 10.9. The van der Waals surface area contributed by atoms with Crippen LogP contribution in [0.3, 0.4) is 0 Å². The summed E-state index contributed by atoms with van der Waals surface area (Å²) in [5.41, 5.74) is 2.59. The number of anilines is 2. The number of carbonyl (C=O) groups excluding carboxylic acids is 1. The van der Waals surface area contributed by atoms with E-state index < -0.39 is 0 Å². The van der Waals surface area contributed by atoms with Crippen LogP contribution < -0.4 is 15.4 Å². The number of ether oxygens (including phenoxy) is 1. The molecule has 2 amide bonds. The lowest BCUT2D eigenvalue weighted by atomic mass is 10.1. The third-order valence-electron chi connectivity index (χ3n) is 3.06. The molecule has 2 aromatic carbocycles. The van der Waals surface area contributed by atoms with Crippen LogP contribution in [-0.4, -0.2) is 24.1 Å². The monoisotopic (exact) mass is 299 g/mol. The Morgan fingerprint density at radius 1 is 1.00 bits per heavy atom. The fraction of sp³-hybridized carbons (Fsp3) is 0.125. The van der Waals surface area contributed by atoms with Crippen molar-refractivity contribution in [1.29, 1.82) is 0 Å². The molecule has 2 aromatic rings. The van der Waals surface area contributed by atoms with Crippen molar-refractivity contribution in [3.63, 3.8) is 0 Å². The smallest absolute Gasteiger partial charge is 0.323 e. The fourth-order valence-corrected chi connectivity index (χ4v) is 1.82. The van der Waals surface area contributed by atoms with E-state index in [1.165, 1.54) is 0 Å². The maximum Gasteiger partial charge on any atom is 0.323 e. The largest absolute Gasteiger partial charge is 0.497 e. The number of carbonyl (C=O) groups is 1. The summed E-state index contributed by atoms with van der Waals surface area (Å²) in [7, 11) is 1.59. The summed E-state index contributed by atoms with van der Waals surface area (Å²) in [5, 5.41) is 17.3. The molecule has 0 saturated carbocycles. The molecule has 6 nitrogen and oxygen atoms in total. The summed E-state index contributed by atoms with van der Waals surface area (Å²) < 4.78 is 5.05. The van der Waals surface area contributed by atoms with E-state index in [4.69, 9.17) is 9.94 Å². The fourth-order valence-electron chi connectivity index (χ4n) is 1.82. The predicted molar refractivity (Wildman–Crippen MR) is 86.1 cm³/mol. The second-order valence-electron chi connectivity index (χ2n) is 4.57. The number of amides is 2. The van der Waals surface area contributed by atoms with Gasteiger partial charge in [0.15, 0.2) is 0 Å². The molecule has 0 aliphatic carbocycles. The molecule has 114 valence electrons. The van der Waals surface area contributed by atoms with Gasteiger partial charge in [-0.2, -0.15) is 0 Å². The van der Waals surface area contributed by atoms with Gasteiger partial charge in [-0.05, 0) is 48.9 Å². The minimum atomic E-state index is -0.342. The third-order valence-corrected chi connectivity index (χ3v) is 3.06. The molecule has 3 N–H and O–H groups in total. The van der Waals surface area contributed by atoms with Crippen molar-refractivity contribution < 1.29 is 14.7 Å². The minimum Gasteiger partial charge on any atom is -0.497 e. The zero-order chi connectivity index (χ0) is 15.9. The van der Waals surface area contributed by atoms with E-state index in [0.717, 1.165) is 11.3 Å². The van der Waals surface area contributed by atoms with Crippen LogP contribution in [0.25, 0.3) is 0 Å². The van der Waals surface area contributed by atoms with Gasteiger partial charge in [0.2, 0.25) is 0 Å². The van der Waals surface area contributed by atoms with Crippen LogP contribution in [0.1, 0.15) is 12.5 Å². The number of benzene rings is 2. The molecule has 0 unspecified atom stereocenters. The van der Waals surface area contributed by atoms with E-state index in [1.807, 2.05) is 0 Å². The van der Waals surface area contributed by atoms with Crippen LogP contribution >= 0.6 is 0 Å². The van der Waals surface area contributed by atoms with Gasteiger partial charge in [0.05, 0.1) is 12.8 Å². The first kappa shape index (κ1) is 15.4. The van der Waals surface area contributed by atoms with Crippen LogP contribution in [0.2, 0.25) is 0 Å². The maximum absolute atomic E-state index is 11.9. The van der Waals surface area contributed by atoms with Crippen LogP contribution in [-0.2, 0) is 0 Å². The molecule has 0 aliphatic rings. The van der Waals surface area contributed by atoms with Gasteiger partial charge in [0, 0.05) is 11.4 Å². The van der Waals surface area contributed by atoms with Crippen molar-refractivity contribution in [2.75, 3.05) is 17.7 Å². The molecule has 0 saturated heterocycles. The first-order chi connectivity index (χ1) is 10.6. The maximum atomic E-state index is 11.9. The number of methoxy groups -OCH3 is 1. The number of nitrogens with one attached hydrogen (secondary N) is 2. The summed E-state index contributed by atoms with van der Waals surface area (Å²) in [6, 6.07) is 13.7. The molecular formula is C16H17N3O3. The molecule has 0 spiro atoms. The molecule has 6 heteroatoms. The number of urea groups is 1. The van der Waals surface area contributed by atoms with Crippen LogP contribution in [0, 0.1) is 0 Å². The van der Waals surface area contributed by atoms with Crippen LogP contribution in [0.5, 0.6) is 5.75 Å². The average Bonchev–Trinajstić information content (AvgIpc) is 2.55. The van der Waals surface area contributed by atoms with Gasteiger partial charge >= 0.3 is 6.03 Å². The van der Waals surface area contributed by atoms with E-state index in [1.54, 1.807) is 62.6 Å². The van der Waals surface area contributed by atoms with E-state index in [0.29, 0.717) is 17.1 Å². The summed E-state index contributed by atoms with van der Waals surface area (Å²) in [6.07, 6.45) is 0. The lowest BCUT2D eigenvalue weighted by molar-refractivity contribution is 0.262. The van der Waals surface area contributed by atoms with Crippen LogP contribution in [0.15, 0.2) is 53.7 Å². The Hall–Kier alpha value is -3.02. The first-order valence-electron chi connectivity index (χ1n) is 6.63. The summed E-state index contributed by atoms with van der Waals surface area (Å²) in [5.74, 6) is 0.725. The zero-order valence-electron chi connectivity index (χ0n) is 12.3. The van der Waals surface area contributed by atoms with Crippen LogP contribution in [0.4, 0.5) is 16.2 Å². The SMILES string of the molecule is COc1ccc(NC(=O)Nc2ccc(/C(C)=N/O)cc2)cc1. The van der Waals surface area contributed by atoms with Gasteiger partial charge in [-0.15, -0.1) is 0 Å². The van der Waals surface area contributed by atoms with Gasteiger partial charge < -0.3 is 20.6 Å². The van der Waals surface area contributed by atoms with E-state index in [2.05, 4.69) is 15.8 Å². The molecule has 22 heavy (non-hydrogen) atoms. The molecule has 0 heterocycles. The highest BCUT2D eigenvalue weighted by Gasteiger charge is 2.04. The Balaban J connectivity index is 1.96. The average molecular weight is 299 g/mol. The zero-order valence-corrected chi connectivity index (χ0v) is 12.3. The lowest BCUT2D eigenvalue weighted by Crippen LogP contribution is -2.19. The van der Waals surface area contributed by atoms with E-state index in [9.17, 15) is 4.79 Å².